The zero-order valence-electron chi connectivity index (χ0n) is 13.3. The van der Waals surface area contributed by atoms with E-state index < -0.39 is 0 Å². The van der Waals surface area contributed by atoms with Crippen molar-refractivity contribution < 1.29 is 4.79 Å². The maximum absolute atomic E-state index is 12.0. The average molecular weight is 338 g/mol. The molecule has 0 bridgehead atoms. The summed E-state index contributed by atoms with van der Waals surface area (Å²) in [4.78, 5) is 27.7. The summed E-state index contributed by atoms with van der Waals surface area (Å²) < 4.78 is 0. The van der Waals surface area contributed by atoms with Crippen LogP contribution in [0.4, 0.5) is 5.69 Å². The molecule has 2 aromatic heterocycles. The summed E-state index contributed by atoms with van der Waals surface area (Å²) in [5, 5.41) is 5.80. The van der Waals surface area contributed by atoms with Crippen molar-refractivity contribution in [3.8, 4) is 0 Å². The number of carbonyl (C=O) groups is 1. The molecule has 2 heterocycles. The van der Waals surface area contributed by atoms with Gasteiger partial charge in [-0.3, -0.25) is 9.59 Å². The highest BCUT2D eigenvalue weighted by Gasteiger charge is 2.05. The molecule has 0 saturated carbocycles. The van der Waals surface area contributed by atoms with E-state index in [2.05, 4.69) is 17.2 Å². The first kappa shape index (κ1) is 16.2. The van der Waals surface area contributed by atoms with Gasteiger partial charge < -0.3 is 10.3 Å². The highest BCUT2D eigenvalue weighted by molar-refractivity contribution is 7.10. The van der Waals surface area contributed by atoms with Gasteiger partial charge in [-0.05, 0) is 41.6 Å². The molecule has 0 radical (unpaired) electrons. The standard InChI is InChI=1S/C19H18N2O2S/c1-2-4-13-11-19(23)21-17-12-14(6-8-16(13)17)20-18(22)9-7-15-5-3-10-24-15/h3,5-12H,2,4H2,1H3,(H,20,22)(H,21,23)/b9-7-. The number of H-pyrrole nitrogens is 1. The Labute approximate surface area is 143 Å². The van der Waals surface area contributed by atoms with Crippen molar-refractivity contribution in [2.24, 2.45) is 0 Å². The lowest BCUT2D eigenvalue weighted by Crippen LogP contribution is -2.09. The third-order valence-corrected chi connectivity index (χ3v) is 4.50. The number of rotatable bonds is 5. The van der Waals surface area contributed by atoms with Crippen LogP contribution >= 0.6 is 11.3 Å². The fourth-order valence-electron chi connectivity index (χ4n) is 2.61. The number of nitrogens with one attached hydrogen (secondary N) is 2. The molecule has 0 saturated heterocycles. The average Bonchev–Trinajstić information content (AvgIpc) is 3.06. The summed E-state index contributed by atoms with van der Waals surface area (Å²) >= 11 is 1.57. The van der Waals surface area contributed by atoms with E-state index in [0.29, 0.717) is 5.69 Å². The molecule has 3 rings (SSSR count). The molecule has 0 aliphatic rings. The van der Waals surface area contributed by atoms with Crippen molar-refractivity contribution in [3.05, 3.63) is 68.6 Å². The molecule has 0 fully saturated rings. The number of anilines is 1. The molecule has 3 aromatic rings. The molecular formula is C19H18N2O2S. The maximum Gasteiger partial charge on any atom is 0.248 e. The Kier molecular flexibility index (Phi) is 4.91. The fourth-order valence-corrected chi connectivity index (χ4v) is 3.23. The number of aromatic amines is 1. The van der Waals surface area contributed by atoms with E-state index in [4.69, 9.17) is 0 Å². The zero-order chi connectivity index (χ0) is 16.9. The molecule has 0 atom stereocenters. The third kappa shape index (κ3) is 3.81. The Hall–Kier alpha value is -2.66. The van der Waals surface area contributed by atoms with Crippen LogP contribution in [0.1, 0.15) is 23.8 Å². The van der Waals surface area contributed by atoms with Crippen LogP contribution in [0, 0.1) is 0 Å². The molecule has 1 aromatic carbocycles. The number of hydrogen-bond acceptors (Lipinski definition) is 3. The van der Waals surface area contributed by atoms with Crippen molar-refractivity contribution >= 4 is 39.9 Å². The van der Waals surface area contributed by atoms with Gasteiger partial charge in [0.25, 0.3) is 0 Å². The molecule has 0 aliphatic heterocycles. The molecule has 24 heavy (non-hydrogen) atoms. The number of pyridine rings is 1. The molecular weight excluding hydrogens is 320 g/mol. The number of fused-ring (bicyclic) bond motifs is 1. The third-order valence-electron chi connectivity index (χ3n) is 3.66. The minimum Gasteiger partial charge on any atom is -0.322 e. The van der Waals surface area contributed by atoms with Crippen molar-refractivity contribution in [1.29, 1.82) is 0 Å². The van der Waals surface area contributed by atoms with E-state index in [9.17, 15) is 9.59 Å². The number of hydrogen-bond donors (Lipinski definition) is 2. The number of amides is 1. The first-order valence-electron chi connectivity index (χ1n) is 7.84. The molecule has 2 N–H and O–H groups in total. The van der Waals surface area contributed by atoms with Crippen LogP contribution in [0.15, 0.2) is 52.6 Å². The normalized spacial score (nSPS) is 11.2. The topological polar surface area (TPSA) is 62.0 Å². The van der Waals surface area contributed by atoms with Crippen LogP contribution in [0.2, 0.25) is 0 Å². The Morgan fingerprint density at radius 2 is 2.17 bits per heavy atom. The van der Waals surface area contributed by atoms with E-state index in [0.717, 1.165) is 34.2 Å². The van der Waals surface area contributed by atoms with Crippen molar-refractivity contribution in [2.75, 3.05) is 5.32 Å². The Morgan fingerprint density at radius 3 is 2.92 bits per heavy atom. The Balaban J connectivity index is 1.83. The number of benzene rings is 1. The molecule has 5 heteroatoms. The van der Waals surface area contributed by atoms with Gasteiger partial charge >= 0.3 is 0 Å². The predicted molar refractivity (Wildman–Crippen MR) is 101 cm³/mol. The van der Waals surface area contributed by atoms with E-state index in [1.54, 1.807) is 29.5 Å². The van der Waals surface area contributed by atoms with Crippen LogP contribution in [0.5, 0.6) is 0 Å². The number of aromatic nitrogens is 1. The van der Waals surface area contributed by atoms with Gasteiger partial charge in [0.2, 0.25) is 11.5 Å². The Morgan fingerprint density at radius 1 is 1.29 bits per heavy atom. The molecule has 0 aliphatic carbocycles. The molecule has 0 unspecified atom stereocenters. The number of thiophene rings is 1. The van der Waals surface area contributed by atoms with Gasteiger partial charge in [0.15, 0.2) is 0 Å². The zero-order valence-corrected chi connectivity index (χ0v) is 14.2. The lowest BCUT2D eigenvalue weighted by molar-refractivity contribution is -0.111. The van der Waals surface area contributed by atoms with E-state index >= 15 is 0 Å². The summed E-state index contributed by atoms with van der Waals surface area (Å²) in [7, 11) is 0. The van der Waals surface area contributed by atoms with Gasteiger partial charge in [-0.25, -0.2) is 0 Å². The highest BCUT2D eigenvalue weighted by atomic mass is 32.1. The van der Waals surface area contributed by atoms with Gasteiger partial charge in [-0.1, -0.05) is 25.5 Å². The minimum absolute atomic E-state index is 0.119. The van der Waals surface area contributed by atoms with E-state index in [-0.39, 0.29) is 11.5 Å². The van der Waals surface area contributed by atoms with Crippen LogP contribution in [-0.2, 0) is 11.2 Å². The summed E-state index contributed by atoms with van der Waals surface area (Å²) in [6.07, 6.45) is 5.12. The number of aryl methyl sites for hydroxylation is 1. The lowest BCUT2D eigenvalue weighted by atomic mass is 10.0. The first-order chi connectivity index (χ1) is 11.7. The van der Waals surface area contributed by atoms with Crippen LogP contribution in [0.25, 0.3) is 17.0 Å². The SMILES string of the molecule is CCCc1cc(=O)[nH]c2cc(NC(=O)/C=C\c3cccs3)ccc12. The fraction of sp³-hybridized carbons (Fsp3) is 0.158. The quantitative estimate of drug-likeness (QED) is 0.685. The minimum atomic E-state index is -0.199. The van der Waals surface area contributed by atoms with Crippen LogP contribution in [0.3, 0.4) is 0 Å². The monoisotopic (exact) mass is 338 g/mol. The second kappa shape index (κ2) is 7.27. The van der Waals surface area contributed by atoms with Crippen molar-refractivity contribution in [3.63, 3.8) is 0 Å². The van der Waals surface area contributed by atoms with Gasteiger partial charge in [0.1, 0.15) is 0 Å². The summed E-state index contributed by atoms with van der Waals surface area (Å²) in [6.45, 7) is 2.08. The summed E-state index contributed by atoms with van der Waals surface area (Å²) in [6, 6.07) is 11.1. The predicted octanol–water partition coefficient (Wildman–Crippen LogP) is 4.19. The molecule has 1 amide bonds. The van der Waals surface area contributed by atoms with Crippen molar-refractivity contribution in [1.82, 2.24) is 4.98 Å². The maximum atomic E-state index is 12.0. The molecule has 0 spiro atoms. The molecule has 4 nitrogen and oxygen atoms in total. The molecule has 122 valence electrons. The van der Waals surface area contributed by atoms with Gasteiger partial charge in [0.05, 0.1) is 5.52 Å². The van der Waals surface area contributed by atoms with Gasteiger partial charge in [-0.2, -0.15) is 0 Å². The lowest BCUT2D eigenvalue weighted by Gasteiger charge is -2.08. The Bertz CT molecular complexity index is 940. The van der Waals surface area contributed by atoms with E-state index in [1.807, 2.05) is 29.6 Å². The van der Waals surface area contributed by atoms with Crippen molar-refractivity contribution in [2.45, 2.75) is 19.8 Å². The number of carbonyl (C=O) groups excluding carboxylic acids is 1. The van der Waals surface area contributed by atoms with E-state index in [1.165, 1.54) is 6.08 Å². The highest BCUT2D eigenvalue weighted by Crippen LogP contribution is 2.21. The second-order valence-corrected chi connectivity index (χ2v) is 6.49. The summed E-state index contributed by atoms with van der Waals surface area (Å²) in [5.74, 6) is -0.199. The summed E-state index contributed by atoms with van der Waals surface area (Å²) in [5.41, 5.74) is 2.32. The van der Waals surface area contributed by atoms with Crippen LogP contribution in [-0.4, -0.2) is 10.9 Å². The van der Waals surface area contributed by atoms with Gasteiger partial charge in [0, 0.05) is 28.1 Å². The largest absolute Gasteiger partial charge is 0.322 e. The van der Waals surface area contributed by atoms with Crippen LogP contribution < -0.4 is 10.9 Å². The van der Waals surface area contributed by atoms with Gasteiger partial charge in [-0.15, -0.1) is 11.3 Å². The second-order valence-electron chi connectivity index (χ2n) is 5.51. The first-order valence-corrected chi connectivity index (χ1v) is 8.72. The smallest absolute Gasteiger partial charge is 0.248 e.